The zero-order valence-corrected chi connectivity index (χ0v) is 6.57. The lowest BCUT2D eigenvalue weighted by atomic mass is 10.2. The highest BCUT2D eigenvalue weighted by molar-refractivity contribution is 4.85. The first kappa shape index (κ1) is 7.80. The topological polar surface area (TPSA) is 41.6 Å². The highest BCUT2D eigenvalue weighted by Crippen LogP contribution is 2.13. The van der Waals surface area contributed by atoms with E-state index in [0.29, 0.717) is 12.5 Å². The van der Waals surface area contributed by atoms with Gasteiger partial charge in [-0.15, -0.1) is 0 Å². The Labute approximate surface area is 66.3 Å². The van der Waals surface area contributed by atoms with Gasteiger partial charge < -0.3 is 4.57 Å². The molecule has 11 heavy (non-hydrogen) atoms. The Bertz CT molecular complexity index is 232. The Hall–Kier alpha value is -1.30. The van der Waals surface area contributed by atoms with Gasteiger partial charge in [0, 0.05) is 18.4 Å². The highest BCUT2D eigenvalue weighted by atomic mass is 15.0. The second kappa shape index (κ2) is 3.77. The Morgan fingerprint density at radius 2 is 2.55 bits per heavy atom. The van der Waals surface area contributed by atoms with Crippen LogP contribution in [0.25, 0.3) is 0 Å². The van der Waals surface area contributed by atoms with Crippen LogP contribution in [-0.2, 0) is 0 Å². The van der Waals surface area contributed by atoms with Gasteiger partial charge in [-0.2, -0.15) is 5.26 Å². The second-order valence-electron chi connectivity index (χ2n) is 2.43. The summed E-state index contributed by atoms with van der Waals surface area (Å²) in [6.07, 6.45) is 6.92. The number of nitrogens with zero attached hydrogens (tertiary/aromatic N) is 3. The fourth-order valence-corrected chi connectivity index (χ4v) is 1.05. The lowest BCUT2D eigenvalue weighted by Crippen LogP contribution is -2.04. The fraction of sp³-hybridized carbons (Fsp3) is 0.500. The molecule has 0 aliphatic carbocycles. The zero-order valence-electron chi connectivity index (χ0n) is 6.57. The van der Waals surface area contributed by atoms with Crippen LogP contribution in [0.15, 0.2) is 18.7 Å². The monoisotopic (exact) mass is 149 g/mol. The molecule has 0 saturated heterocycles. The summed E-state index contributed by atoms with van der Waals surface area (Å²) in [6, 6.07) is 2.45. The summed E-state index contributed by atoms with van der Waals surface area (Å²) in [5, 5.41) is 8.48. The van der Waals surface area contributed by atoms with Gasteiger partial charge in [-0.3, -0.25) is 0 Å². The predicted molar refractivity (Wildman–Crippen MR) is 41.8 cm³/mol. The summed E-state index contributed by atoms with van der Waals surface area (Å²) in [6.45, 7) is 2.07. The molecule has 1 aromatic rings. The Balaban J connectivity index is 2.65. The molecular formula is C8H11N3. The van der Waals surface area contributed by atoms with Crippen molar-refractivity contribution in [1.29, 1.82) is 5.26 Å². The minimum absolute atomic E-state index is 0.294. The molecule has 0 N–H and O–H groups in total. The standard InChI is InChI=1S/C8H11N3/c1-2-8(3-4-9)11-6-5-10-7-11/h5-8H,2-3H2,1H3. The SMILES string of the molecule is CCC(CC#N)n1ccnc1. The number of hydrogen-bond acceptors (Lipinski definition) is 2. The molecule has 1 aromatic heterocycles. The highest BCUT2D eigenvalue weighted by Gasteiger charge is 2.05. The molecule has 1 atom stereocenters. The van der Waals surface area contributed by atoms with Crippen molar-refractivity contribution in [3.63, 3.8) is 0 Å². The van der Waals surface area contributed by atoms with Gasteiger partial charge in [0.2, 0.25) is 0 Å². The minimum atomic E-state index is 0.294. The smallest absolute Gasteiger partial charge is 0.0948 e. The van der Waals surface area contributed by atoms with Crippen LogP contribution in [0.3, 0.4) is 0 Å². The summed E-state index contributed by atoms with van der Waals surface area (Å²) < 4.78 is 1.98. The molecule has 0 aliphatic rings. The predicted octanol–water partition coefficient (Wildman–Crippen LogP) is 1.75. The maximum atomic E-state index is 8.48. The largest absolute Gasteiger partial charge is 0.333 e. The van der Waals surface area contributed by atoms with Crippen molar-refractivity contribution in [3.8, 4) is 6.07 Å². The van der Waals surface area contributed by atoms with Crippen molar-refractivity contribution in [3.05, 3.63) is 18.7 Å². The van der Waals surface area contributed by atoms with Gasteiger partial charge in [-0.1, -0.05) is 6.92 Å². The fourth-order valence-electron chi connectivity index (χ4n) is 1.05. The van der Waals surface area contributed by atoms with E-state index in [1.807, 2.05) is 10.8 Å². The van der Waals surface area contributed by atoms with Crippen LogP contribution in [0, 0.1) is 11.3 Å². The molecule has 0 bridgehead atoms. The van der Waals surface area contributed by atoms with E-state index in [2.05, 4.69) is 18.0 Å². The lowest BCUT2D eigenvalue weighted by Gasteiger charge is -2.11. The molecule has 0 saturated carbocycles. The molecule has 58 valence electrons. The van der Waals surface area contributed by atoms with E-state index >= 15 is 0 Å². The van der Waals surface area contributed by atoms with Crippen molar-refractivity contribution in [2.75, 3.05) is 0 Å². The van der Waals surface area contributed by atoms with E-state index in [9.17, 15) is 0 Å². The average Bonchev–Trinajstić information content (AvgIpc) is 2.52. The lowest BCUT2D eigenvalue weighted by molar-refractivity contribution is 0.495. The zero-order chi connectivity index (χ0) is 8.10. The van der Waals surface area contributed by atoms with E-state index in [-0.39, 0.29) is 0 Å². The molecule has 0 aromatic carbocycles. The maximum Gasteiger partial charge on any atom is 0.0948 e. The van der Waals surface area contributed by atoms with Crippen LogP contribution in [0.4, 0.5) is 0 Å². The van der Waals surface area contributed by atoms with Crippen LogP contribution in [0.1, 0.15) is 25.8 Å². The number of aromatic nitrogens is 2. The van der Waals surface area contributed by atoms with E-state index in [1.54, 1.807) is 12.5 Å². The second-order valence-corrected chi connectivity index (χ2v) is 2.43. The van der Waals surface area contributed by atoms with Crippen LogP contribution in [-0.4, -0.2) is 9.55 Å². The minimum Gasteiger partial charge on any atom is -0.333 e. The van der Waals surface area contributed by atoms with Gasteiger partial charge in [0.1, 0.15) is 0 Å². The number of rotatable bonds is 3. The quantitative estimate of drug-likeness (QED) is 0.657. The van der Waals surface area contributed by atoms with Gasteiger partial charge in [-0.05, 0) is 6.42 Å². The molecule has 1 rings (SSSR count). The third kappa shape index (κ3) is 1.81. The molecule has 3 heteroatoms. The summed E-state index contributed by atoms with van der Waals surface area (Å²) >= 11 is 0. The molecule has 0 spiro atoms. The van der Waals surface area contributed by atoms with Crippen molar-refractivity contribution in [1.82, 2.24) is 9.55 Å². The molecular weight excluding hydrogens is 138 g/mol. The first-order valence-corrected chi connectivity index (χ1v) is 3.73. The first-order valence-electron chi connectivity index (χ1n) is 3.73. The Morgan fingerprint density at radius 3 is 3.00 bits per heavy atom. The normalized spacial score (nSPS) is 12.4. The first-order chi connectivity index (χ1) is 5.38. The third-order valence-corrected chi connectivity index (χ3v) is 1.74. The maximum absolute atomic E-state index is 8.48. The van der Waals surface area contributed by atoms with E-state index in [1.165, 1.54) is 0 Å². The molecule has 0 fully saturated rings. The molecule has 0 aliphatic heterocycles. The van der Waals surface area contributed by atoms with E-state index < -0.39 is 0 Å². The number of imidazole rings is 1. The molecule has 1 unspecified atom stereocenters. The van der Waals surface area contributed by atoms with Crippen LogP contribution >= 0.6 is 0 Å². The van der Waals surface area contributed by atoms with Gasteiger partial charge in [0.05, 0.1) is 18.8 Å². The van der Waals surface area contributed by atoms with Crippen LogP contribution in [0.5, 0.6) is 0 Å². The molecule has 0 amide bonds. The Kier molecular flexibility index (Phi) is 2.67. The van der Waals surface area contributed by atoms with Crippen molar-refractivity contribution < 1.29 is 0 Å². The third-order valence-electron chi connectivity index (χ3n) is 1.74. The van der Waals surface area contributed by atoms with Gasteiger partial charge in [0.25, 0.3) is 0 Å². The van der Waals surface area contributed by atoms with Crippen LogP contribution < -0.4 is 0 Å². The van der Waals surface area contributed by atoms with Gasteiger partial charge in [-0.25, -0.2) is 4.98 Å². The molecule has 3 nitrogen and oxygen atoms in total. The molecule has 1 heterocycles. The summed E-state index contributed by atoms with van der Waals surface area (Å²) in [4.78, 5) is 3.93. The number of nitriles is 1. The van der Waals surface area contributed by atoms with Crippen LogP contribution in [0.2, 0.25) is 0 Å². The van der Waals surface area contributed by atoms with Gasteiger partial charge in [0.15, 0.2) is 0 Å². The molecule has 0 radical (unpaired) electrons. The van der Waals surface area contributed by atoms with Crippen molar-refractivity contribution in [2.24, 2.45) is 0 Å². The van der Waals surface area contributed by atoms with Crippen molar-refractivity contribution >= 4 is 0 Å². The number of hydrogen-bond donors (Lipinski definition) is 0. The van der Waals surface area contributed by atoms with E-state index in [4.69, 9.17) is 5.26 Å². The summed E-state index contributed by atoms with van der Waals surface area (Å²) in [5.41, 5.74) is 0. The van der Waals surface area contributed by atoms with E-state index in [0.717, 1.165) is 6.42 Å². The summed E-state index contributed by atoms with van der Waals surface area (Å²) in [5.74, 6) is 0. The Morgan fingerprint density at radius 1 is 1.73 bits per heavy atom. The van der Waals surface area contributed by atoms with Crippen molar-refractivity contribution in [2.45, 2.75) is 25.8 Å². The summed E-state index contributed by atoms with van der Waals surface area (Å²) in [7, 11) is 0. The average molecular weight is 149 g/mol. The van der Waals surface area contributed by atoms with Gasteiger partial charge >= 0.3 is 0 Å².